The van der Waals surface area contributed by atoms with Crippen LogP contribution in [0.15, 0.2) is 27.7 Å². The Morgan fingerprint density at radius 2 is 2.07 bits per heavy atom. The zero-order chi connectivity index (χ0) is 21.0. The number of carboxylic acid groups (broad SMARTS) is 1. The molecule has 1 aromatic heterocycles. The number of hydrogen-bond donors (Lipinski definition) is 2. The van der Waals surface area contributed by atoms with Crippen LogP contribution in [0.1, 0.15) is 22.8 Å². The largest absolute Gasteiger partial charge is 0.492 e. The van der Waals surface area contributed by atoms with Crippen molar-refractivity contribution in [1.82, 2.24) is 4.57 Å². The van der Waals surface area contributed by atoms with Gasteiger partial charge in [0, 0.05) is 30.7 Å². The number of methoxy groups -OCH3 is 1. The highest BCUT2D eigenvalue weighted by atomic mass is 35.5. The summed E-state index contributed by atoms with van der Waals surface area (Å²) in [6, 6.07) is 0.308. The molecule has 2 aliphatic rings. The molecule has 1 saturated heterocycles. The highest BCUT2D eigenvalue weighted by Gasteiger charge is 2.41. The number of hydrogen-bond acceptors (Lipinski definition) is 5. The van der Waals surface area contributed by atoms with Crippen molar-refractivity contribution in [3.05, 3.63) is 44.5 Å². The molecule has 2 heterocycles. The van der Waals surface area contributed by atoms with Crippen molar-refractivity contribution in [3.8, 4) is 5.75 Å². The summed E-state index contributed by atoms with van der Waals surface area (Å²) in [5, 5.41) is 18.5. The maximum Gasteiger partial charge on any atom is 0.341 e. The van der Waals surface area contributed by atoms with E-state index in [0.29, 0.717) is 0 Å². The first-order valence-electron chi connectivity index (χ1n) is 8.83. The normalized spacial score (nSPS) is 20.6. The maximum absolute atomic E-state index is 15.0. The van der Waals surface area contributed by atoms with Crippen LogP contribution >= 0.6 is 11.6 Å². The van der Waals surface area contributed by atoms with Crippen molar-refractivity contribution >= 4 is 34.2 Å². The number of aromatic carboxylic acids is 1. The number of nitrogens with zero attached hydrogens (tertiary/aromatic N) is 2. The minimum atomic E-state index is -1.47. The van der Waals surface area contributed by atoms with Crippen molar-refractivity contribution in [3.63, 3.8) is 0 Å². The number of alkyl halides is 1. The number of aliphatic hydroxyl groups excluding tert-OH is 1. The van der Waals surface area contributed by atoms with Gasteiger partial charge in [0.15, 0.2) is 11.6 Å². The molecule has 2 aromatic rings. The van der Waals surface area contributed by atoms with E-state index >= 15 is 0 Å². The molecule has 2 fully saturated rings. The number of fused-ring (bicyclic) bond motifs is 1. The number of aromatic nitrogens is 1. The second-order valence-electron chi connectivity index (χ2n) is 7.06. The average molecular weight is 427 g/mol. The Morgan fingerprint density at radius 1 is 1.41 bits per heavy atom. The van der Waals surface area contributed by atoms with E-state index < -0.39 is 35.0 Å². The number of benzene rings is 1. The second kappa shape index (κ2) is 7.00. The van der Waals surface area contributed by atoms with Gasteiger partial charge in [-0.1, -0.05) is 11.6 Å². The average Bonchev–Trinajstić information content (AvgIpc) is 3.37. The van der Waals surface area contributed by atoms with Gasteiger partial charge < -0.3 is 24.4 Å². The fourth-order valence-electron chi connectivity index (χ4n) is 3.64. The molecule has 0 radical (unpaired) electrons. The molecule has 0 spiro atoms. The molecule has 10 heteroatoms. The van der Waals surface area contributed by atoms with E-state index in [2.05, 4.69) is 0 Å². The molecule has 1 aliphatic carbocycles. The summed E-state index contributed by atoms with van der Waals surface area (Å²) < 4.78 is 35.6. The summed E-state index contributed by atoms with van der Waals surface area (Å²) in [5.74, 6) is -2.22. The topological polar surface area (TPSA) is 92.0 Å². The van der Waals surface area contributed by atoms with Crippen LogP contribution in [0.2, 0.25) is 0 Å². The van der Waals surface area contributed by atoms with E-state index in [9.17, 15) is 23.5 Å². The number of pyridine rings is 1. The van der Waals surface area contributed by atoms with Gasteiger partial charge in [-0.15, -0.1) is 0 Å². The SMILES string of the molecule is COc1c(N2CC(=C(Cl)CO)C2)c(F)cc2c(=O)c(C(=O)O)cn([C@@H]3C[C@@H]3F)c12. The smallest absolute Gasteiger partial charge is 0.341 e. The molecule has 2 atom stereocenters. The first-order valence-corrected chi connectivity index (χ1v) is 9.21. The molecule has 154 valence electrons. The van der Waals surface area contributed by atoms with Crippen molar-refractivity contribution in [2.24, 2.45) is 0 Å². The summed E-state index contributed by atoms with van der Waals surface area (Å²) >= 11 is 5.92. The van der Waals surface area contributed by atoms with Gasteiger partial charge in [0.1, 0.15) is 17.4 Å². The Balaban J connectivity index is 1.96. The third-order valence-electron chi connectivity index (χ3n) is 5.27. The Hall–Kier alpha value is -2.65. The van der Waals surface area contributed by atoms with Gasteiger partial charge in [0.25, 0.3) is 0 Å². The summed E-state index contributed by atoms with van der Waals surface area (Å²) in [6.45, 7) is 0.189. The molecule has 0 unspecified atom stereocenters. The number of aliphatic hydroxyl groups is 1. The van der Waals surface area contributed by atoms with Crippen LogP contribution in [0.4, 0.5) is 14.5 Å². The quantitative estimate of drug-likeness (QED) is 0.763. The van der Waals surface area contributed by atoms with Crippen LogP contribution in [0.3, 0.4) is 0 Å². The Morgan fingerprint density at radius 3 is 2.59 bits per heavy atom. The van der Waals surface area contributed by atoms with Crippen LogP contribution in [0.5, 0.6) is 5.75 Å². The minimum Gasteiger partial charge on any atom is -0.492 e. The third-order valence-corrected chi connectivity index (χ3v) is 5.66. The molecule has 1 saturated carbocycles. The summed E-state index contributed by atoms with van der Waals surface area (Å²) in [4.78, 5) is 25.7. The molecule has 4 rings (SSSR count). The number of carboxylic acids is 1. The lowest BCUT2D eigenvalue weighted by molar-refractivity contribution is 0.0694. The fourth-order valence-corrected chi connectivity index (χ4v) is 3.76. The van der Waals surface area contributed by atoms with E-state index in [4.69, 9.17) is 21.4 Å². The number of anilines is 1. The molecule has 2 N–H and O–H groups in total. The molecular formula is C19H17ClF2N2O5. The molecule has 0 amide bonds. The van der Waals surface area contributed by atoms with Gasteiger partial charge in [-0.05, 0) is 11.6 Å². The predicted octanol–water partition coefficient (Wildman–Crippen LogP) is 2.44. The second-order valence-corrected chi connectivity index (χ2v) is 7.52. The minimum absolute atomic E-state index is 0.0207. The van der Waals surface area contributed by atoms with E-state index in [1.165, 1.54) is 11.7 Å². The number of carbonyl (C=O) groups is 1. The van der Waals surface area contributed by atoms with Crippen molar-refractivity contribution in [2.75, 3.05) is 31.7 Å². The van der Waals surface area contributed by atoms with Gasteiger partial charge in [0.2, 0.25) is 5.43 Å². The predicted molar refractivity (Wildman–Crippen MR) is 102 cm³/mol. The van der Waals surface area contributed by atoms with Gasteiger partial charge in [-0.3, -0.25) is 4.79 Å². The maximum atomic E-state index is 15.0. The number of ether oxygens (including phenoxy) is 1. The Kier molecular flexibility index (Phi) is 4.74. The third kappa shape index (κ3) is 3.05. The Bertz CT molecular complexity index is 1120. The van der Waals surface area contributed by atoms with Crippen LogP contribution in [0, 0.1) is 5.82 Å². The monoisotopic (exact) mass is 426 g/mol. The molecule has 29 heavy (non-hydrogen) atoms. The Labute approximate surface area is 168 Å². The van der Waals surface area contributed by atoms with Crippen LogP contribution in [-0.4, -0.2) is 53.7 Å². The lowest BCUT2D eigenvalue weighted by Gasteiger charge is -2.38. The summed E-state index contributed by atoms with van der Waals surface area (Å²) in [6.07, 6.45) is 0.0589. The van der Waals surface area contributed by atoms with Gasteiger partial charge in [-0.2, -0.15) is 0 Å². The van der Waals surface area contributed by atoms with Crippen molar-refractivity contribution in [1.29, 1.82) is 0 Å². The molecule has 1 aliphatic heterocycles. The first kappa shape index (κ1) is 19.7. The van der Waals surface area contributed by atoms with Gasteiger partial charge >= 0.3 is 5.97 Å². The molecule has 1 aromatic carbocycles. The van der Waals surface area contributed by atoms with E-state index in [1.54, 1.807) is 4.90 Å². The highest BCUT2D eigenvalue weighted by molar-refractivity contribution is 6.30. The lowest BCUT2D eigenvalue weighted by atomic mass is 10.0. The van der Waals surface area contributed by atoms with Gasteiger partial charge in [0.05, 0.1) is 30.7 Å². The van der Waals surface area contributed by atoms with E-state index in [0.717, 1.165) is 17.8 Å². The van der Waals surface area contributed by atoms with Crippen molar-refractivity contribution < 1.29 is 28.5 Å². The molecule has 7 nitrogen and oxygen atoms in total. The standard InChI is InChI=1S/C19H17ClF2N2O5/c1-29-18-15-9(2-13(22)16(18)23-4-8(5-23)11(20)7-25)17(26)10(19(27)28)6-24(15)14-3-12(14)21/h2,6,12,14,25H,3-5,7H2,1H3,(H,27,28)/t12-,14+/m0/s1. The van der Waals surface area contributed by atoms with Crippen LogP contribution in [-0.2, 0) is 0 Å². The highest BCUT2D eigenvalue weighted by Crippen LogP contribution is 2.46. The van der Waals surface area contributed by atoms with Crippen LogP contribution in [0.25, 0.3) is 10.9 Å². The molecule has 0 bridgehead atoms. The number of rotatable bonds is 5. The lowest BCUT2D eigenvalue weighted by Crippen LogP contribution is -2.41. The van der Waals surface area contributed by atoms with Crippen molar-refractivity contribution in [2.45, 2.75) is 18.6 Å². The summed E-state index contributed by atoms with van der Waals surface area (Å²) in [7, 11) is 1.30. The van der Waals surface area contributed by atoms with E-state index in [1.807, 2.05) is 0 Å². The zero-order valence-electron chi connectivity index (χ0n) is 15.3. The number of halogens is 3. The molecular weight excluding hydrogens is 410 g/mol. The van der Waals surface area contributed by atoms with Gasteiger partial charge in [-0.25, -0.2) is 13.6 Å². The zero-order valence-corrected chi connectivity index (χ0v) is 16.0. The van der Waals surface area contributed by atoms with Crippen LogP contribution < -0.4 is 15.1 Å². The fraction of sp³-hybridized carbons (Fsp3) is 0.368. The summed E-state index contributed by atoms with van der Waals surface area (Å²) in [5.41, 5.74) is -0.473. The van der Waals surface area contributed by atoms with E-state index in [-0.39, 0.29) is 53.5 Å². The first-order chi connectivity index (χ1) is 13.8.